The Morgan fingerprint density at radius 1 is 1.18 bits per heavy atom. The maximum absolute atomic E-state index is 12.8. The van der Waals surface area contributed by atoms with E-state index in [9.17, 15) is 18.0 Å². The SMILES string of the molecule is C=CCn1c(CS(=O)(=O)c2ccc(C)cc2)nnc1SCC(=O)Nc1cccc(C(=O)OC)c1. The highest BCUT2D eigenvalue weighted by Gasteiger charge is 2.22. The summed E-state index contributed by atoms with van der Waals surface area (Å²) in [6.07, 6.45) is 1.60. The number of nitrogens with zero attached hydrogens (tertiary/aromatic N) is 3. The number of aromatic nitrogens is 3. The quantitative estimate of drug-likeness (QED) is 0.256. The number of esters is 1. The van der Waals surface area contributed by atoms with E-state index < -0.39 is 15.8 Å². The lowest BCUT2D eigenvalue weighted by Gasteiger charge is -2.09. The fourth-order valence-corrected chi connectivity index (χ4v) is 5.05. The van der Waals surface area contributed by atoms with Crippen molar-refractivity contribution in [2.45, 2.75) is 29.3 Å². The Morgan fingerprint density at radius 2 is 1.91 bits per heavy atom. The van der Waals surface area contributed by atoms with E-state index in [0.717, 1.165) is 17.3 Å². The summed E-state index contributed by atoms with van der Waals surface area (Å²) in [6, 6.07) is 13.0. The first-order valence-electron chi connectivity index (χ1n) is 10.2. The second-order valence-electron chi connectivity index (χ2n) is 7.28. The summed E-state index contributed by atoms with van der Waals surface area (Å²) in [7, 11) is -2.35. The summed E-state index contributed by atoms with van der Waals surface area (Å²) in [5.74, 6) is -0.897. The molecule has 0 radical (unpaired) electrons. The molecule has 178 valence electrons. The number of ether oxygens (including phenoxy) is 1. The standard InChI is InChI=1S/C23H24N4O5S2/c1-4-12-27-20(15-34(30,31)19-10-8-16(2)9-11-19)25-26-23(27)33-14-21(28)24-18-7-5-6-17(13-18)22(29)32-3/h4-11,13H,1,12,14-15H2,2-3H3,(H,24,28). The first kappa shape index (κ1) is 25.2. The lowest BCUT2D eigenvalue weighted by Crippen LogP contribution is -2.15. The van der Waals surface area contributed by atoms with Gasteiger partial charge in [0.2, 0.25) is 5.91 Å². The molecule has 1 heterocycles. The van der Waals surface area contributed by atoms with Crippen molar-refractivity contribution in [3.8, 4) is 0 Å². The van der Waals surface area contributed by atoms with Gasteiger partial charge < -0.3 is 14.6 Å². The zero-order valence-electron chi connectivity index (χ0n) is 18.7. The number of benzene rings is 2. The molecule has 1 aromatic heterocycles. The lowest BCUT2D eigenvalue weighted by molar-refractivity contribution is -0.113. The molecule has 3 aromatic rings. The minimum Gasteiger partial charge on any atom is -0.465 e. The topological polar surface area (TPSA) is 120 Å². The normalized spacial score (nSPS) is 11.1. The average molecular weight is 501 g/mol. The fraction of sp³-hybridized carbons (Fsp3) is 0.217. The van der Waals surface area contributed by atoms with Crippen LogP contribution in [0.3, 0.4) is 0 Å². The molecular weight excluding hydrogens is 476 g/mol. The zero-order chi connectivity index (χ0) is 24.7. The van der Waals surface area contributed by atoms with E-state index in [1.807, 2.05) is 6.92 Å². The van der Waals surface area contributed by atoms with Crippen LogP contribution < -0.4 is 5.32 Å². The molecule has 0 saturated heterocycles. The van der Waals surface area contributed by atoms with Gasteiger partial charge in [0.05, 0.1) is 23.3 Å². The van der Waals surface area contributed by atoms with Gasteiger partial charge in [-0.25, -0.2) is 13.2 Å². The van der Waals surface area contributed by atoms with Crippen LogP contribution in [0, 0.1) is 6.92 Å². The molecule has 0 fully saturated rings. The molecule has 2 aromatic carbocycles. The third kappa shape index (κ3) is 6.33. The molecule has 0 aliphatic rings. The highest BCUT2D eigenvalue weighted by molar-refractivity contribution is 7.99. The van der Waals surface area contributed by atoms with Gasteiger partial charge in [-0.1, -0.05) is 41.6 Å². The molecular formula is C23H24N4O5S2. The Labute approximate surface area is 202 Å². The maximum Gasteiger partial charge on any atom is 0.337 e. The minimum atomic E-state index is -3.63. The maximum atomic E-state index is 12.8. The van der Waals surface area contributed by atoms with Gasteiger partial charge in [0, 0.05) is 12.2 Å². The molecule has 34 heavy (non-hydrogen) atoms. The number of nitrogens with one attached hydrogen (secondary N) is 1. The van der Waals surface area contributed by atoms with Gasteiger partial charge in [0.15, 0.2) is 15.0 Å². The Hall–Kier alpha value is -3.44. The summed E-state index contributed by atoms with van der Waals surface area (Å²) in [4.78, 5) is 24.3. The predicted octanol–water partition coefficient (Wildman–Crippen LogP) is 3.26. The number of methoxy groups -OCH3 is 1. The van der Waals surface area contributed by atoms with Crippen molar-refractivity contribution >= 4 is 39.2 Å². The second-order valence-corrected chi connectivity index (χ2v) is 10.2. The number of carbonyl (C=O) groups is 2. The third-order valence-electron chi connectivity index (χ3n) is 4.70. The smallest absolute Gasteiger partial charge is 0.337 e. The zero-order valence-corrected chi connectivity index (χ0v) is 20.4. The lowest BCUT2D eigenvalue weighted by atomic mass is 10.2. The third-order valence-corrected chi connectivity index (χ3v) is 7.30. The van der Waals surface area contributed by atoms with Crippen LogP contribution in [0.4, 0.5) is 5.69 Å². The highest BCUT2D eigenvalue weighted by Crippen LogP contribution is 2.22. The molecule has 0 bridgehead atoms. The predicted molar refractivity (Wildman–Crippen MR) is 129 cm³/mol. The number of carbonyl (C=O) groups excluding carboxylic acids is 2. The van der Waals surface area contributed by atoms with Crippen LogP contribution in [0.5, 0.6) is 0 Å². The van der Waals surface area contributed by atoms with Gasteiger partial charge >= 0.3 is 5.97 Å². The molecule has 0 unspecified atom stereocenters. The summed E-state index contributed by atoms with van der Waals surface area (Å²) in [5, 5.41) is 11.2. The molecule has 0 spiro atoms. The first-order chi connectivity index (χ1) is 16.2. The summed E-state index contributed by atoms with van der Waals surface area (Å²) in [5.41, 5.74) is 1.73. The van der Waals surface area contributed by atoms with Gasteiger partial charge in [-0.2, -0.15) is 0 Å². The summed E-state index contributed by atoms with van der Waals surface area (Å²) < 4.78 is 32.0. The van der Waals surface area contributed by atoms with E-state index >= 15 is 0 Å². The Kier molecular flexibility index (Phi) is 8.24. The highest BCUT2D eigenvalue weighted by atomic mass is 32.2. The van der Waals surface area contributed by atoms with Gasteiger partial charge in [0.1, 0.15) is 11.6 Å². The molecule has 9 nitrogen and oxygen atoms in total. The van der Waals surface area contributed by atoms with Gasteiger partial charge in [-0.15, -0.1) is 16.8 Å². The molecule has 3 rings (SSSR count). The summed E-state index contributed by atoms with van der Waals surface area (Å²) in [6.45, 7) is 5.88. The van der Waals surface area contributed by atoms with E-state index in [-0.39, 0.29) is 34.7 Å². The number of hydrogen-bond acceptors (Lipinski definition) is 8. The van der Waals surface area contributed by atoms with E-state index in [2.05, 4.69) is 26.8 Å². The number of rotatable bonds is 10. The summed E-state index contributed by atoms with van der Waals surface area (Å²) >= 11 is 1.12. The number of aryl methyl sites for hydroxylation is 1. The van der Waals surface area contributed by atoms with E-state index in [0.29, 0.717) is 16.4 Å². The number of hydrogen-bond donors (Lipinski definition) is 1. The van der Waals surface area contributed by atoms with Gasteiger partial charge in [-0.3, -0.25) is 4.79 Å². The Morgan fingerprint density at radius 3 is 2.59 bits per heavy atom. The Balaban J connectivity index is 1.70. The number of anilines is 1. The van der Waals surface area contributed by atoms with Crippen LogP contribution in [0.1, 0.15) is 21.7 Å². The molecule has 0 aliphatic carbocycles. The molecule has 11 heteroatoms. The largest absolute Gasteiger partial charge is 0.465 e. The molecule has 0 atom stereocenters. The van der Waals surface area contributed by atoms with Crippen LogP contribution in [0.2, 0.25) is 0 Å². The Bertz CT molecular complexity index is 1300. The monoisotopic (exact) mass is 500 g/mol. The van der Waals surface area contributed by atoms with Crippen LogP contribution in [0.15, 0.2) is 71.2 Å². The molecule has 1 N–H and O–H groups in total. The first-order valence-corrected chi connectivity index (χ1v) is 12.8. The second kappa shape index (κ2) is 11.1. The van der Waals surface area contributed by atoms with Crippen LogP contribution >= 0.6 is 11.8 Å². The molecule has 0 aliphatic heterocycles. The number of allylic oxidation sites excluding steroid dienone is 1. The molecule has 0 saturated carbocycles. The van der Waals surface area contributed by atoms with E-state index in [1.165, 1.54) is 13.2 Å². The van der Waals surface area contributed by atoms with Crippen molar-refractivity contribution in [1.82, 2.24) is 14.8 Å². The van der Waals surface area contributed by atoms with Crippen molar-refractivity contribution in [3.63, 3.8) is 0 Å². The van der Waals surface area contributed by atoms with Crippen molar-refractivity contribution in [1.29, 1.82) is 0 Å². The van der Waals surface area contributed by atoms with Crippen LogP contribution in [-0.2, 0) is 31.7 Å². The van der Waals surface area contributed by atoms with E-state index in [4.69, 9.17) is 0 Å². The van der Waals surface area contributed by atoms with Crippen LogP contribution in [-0.4, -0.2) is 47.9 Å². The van der Waals surface area contributed by atoms with Gasteiger partial charge in [-0.05, 0) is 37.3 Å². The van der Waals surface area contributed by atoms with Crippen molar-refractivity contribution in [2.24, 2.45) is 0 Å². The van der Waals surface area contributed by atoms with Gasteiger partial charge in [0.25, 0.3) is 0 Å². The van der Waals surface area contributed by atoms with E-state index in [1.54, 1.807) is 53.1 Å². The van der Waals surface area contributed by atoms with Crippen molar-refractivity contribution < 1.29 is 22.7 Å². The van der Waals surface area contributed by atoms with Crippen molar-refractivity contribution in [3.05, 3.63) is 78.1 Å². The number of amides is 1. The number of sulfone groups is 1. The fourth-order valence-electron chi connectivity index (χ4n) is 3.01. The molecule has 1 amide bonds. The average Bonchev–Trinajstić information content (AvgIpc) is 3.18. The minimum absolute atomic E-state index is 0.00242. The van der Waals surface area contributed by atoms with Crippen molar-refractivity contribution in [2.75, 3.05) is 18.2 Å². The number of thioether (sulfide) groups is 1. The van der Waals surface area contributed by atoms with Crippen LogP contribution in [0.25, 0.3) is 0 Å².